The van der Waals surface area contributed by atoms with Crippen LogP contribution in [0.5, 0.6) is 0 Å². The Morgan fingerprint density at radius 2 is 1.91 bits per heavy atom. The fourth-order valence-electron chi connectivity index (χ4n) is 2.30. The summed E-state index contributed by atoms with van der Waals surface area (Å²) in [5.41, 5.74) is 1.36. The normalized spacial score (nSPS) is 10.8. The van der Waals surface area contributed by atoms with Gasteiger partial charge >= 0.3 is 5.82 Å². The van der Waals surface area contributed by atoms with Gasteiger partial charge in [0.05, 0.1) is 10.3 Å². The van der Waals surface area contributed by atoms with Crippen molar-refractivity contribution in [3.8, 4) is 11.3 Å². The van der Waals surface area contributed by atoms with Gasteiger partial charge in [-0.05, 0) is 11.1 Å². The number of alkyl halides is 1. The highest BCUT2D eigenvalue weighted by Gasteiger charge is 2.21. The molecular weight excluding hydrogens is 306 g/mol. The van der Waals surface area contributed by atoms with E-state index < -0.39 is 4.92 Å². The van der Waals surface area contributed by atoms with Crippen LogP contribution in [0.3, 0.4) is 0 Å². The standard InChI is InChI=1S/C15H10ClN3O3/c16-9-14-17-13-7-6-11(19(21)22)8-12(13)15(18(14)20)10-4-2-1-3-5-10/h1-8H,9H2. The van der Waals surface area contributed by atoms with Crippen LogP contribution >= 0.6 is 11.6 Å². The van der Waals surface area contributed by atoms with Gasteiger partial charge < -0.3 is 5.21 Å². The van der Waals surface area contributed by atoms with E-state index in [1.807, 2.05) is 6.07 Å². The van der Waals surface area contributed by atoms with Gasteiger partial charge in [0.15, 0.2) is 5.52 Å². The Kier molecular flexibility index (Phi) is 3.60. The molecule has 3 aromatic rings. The van der Waals surface area contributed by atoms with E-state index in [1.165, 1.54) is 18.2 Å². The highest BCUT2D eigenvalue weighted by molar-refractivity contribution is 6.16. The largest absolute Gasteiger partial charge is 0.710 e. The number of hydrogen-bond donors (Lipinski definition) is 0. The van der Waals surface area contributed by atoms with Crippen LogP contribution in [0.15, 0.2) is 48.5 Å². The Balaban J connectivity index is 2.41. The highest BCUT2D eigenvalue weighted by Crippen LogP contribution is 2.28. The average molecular weight is 316 g/mol. The van der Waals surface area contributed by atoms with E-state index in [4.69, 9.17) is 11.6 Å². The van der Waals surface area contributed by atoms with Gasteiger partial charge in [-0.3, -0.25) is 10.1 Å². The molecule has 1 heterocycles. The summed E-state index contributed by atoms with van der Waals surface area (Å²) >= 11 is 5.78. The number of halogens is 1. The third-order valence-corrected chi connectivity index (χ3v) is 3.54. The Hall–Kier alpha value is -2.73. The lowest BCUT2D eigenvalue weighted by Crippen LogP contribution is -2.35. The third kappa shape index (κ3) is 2.33. The molecule has 110 valence electrons. The molecule has 6 nitrogen and oxygen atoms in total. The van der Waals surface area contributed by atoms with Crippen LogP contribution in [0.1, 0.15) is 5.82 Å². The van der Waals surface area contributed by atoms with Crippen LogP contribution in [0, 0.1) is 15.3 Å². The topological polar surface area (TPSA) is 83.0 Å². The number of benzene rings is 2. The Morgan fingerprint density at radius 1 is 1.18 bits per heavy atom. The van der Waals surface area contributed by atoms with Crippen molar-refractivity contribution in [3.63, 3.8) is 0 Å². The molecule has 2 aromatic carbocycles. The molecule has 7 heteroatoms. The number of aromatic nitrogens is 2. The van der Waals surface area contributed by atoms with Crippen molar-refractivity contribution >= 4 is 28.2 Å². The molecule has 22 heavy (non-hydrogen) atoms. The number of nitro benzene ring substituents is 1. The first-order chi connectivity index (χ1) is 10.6. The summed E-state index contributed by atoms with van der Waals surface area (Å²) in [6.07, 6.45) is 0. The Bertz CT molecular complexity index is 869. The van der Waals surface area contributed by atoms with Crippen LogP contribution in [-0.2, 0) is 5.88 Å². The van der Waals surface area contributed by atoms with Gasteiger partial charge in [0.25, 0.3) is 5.69 Å². The number of nitro groups is 1. The number of nitrogens with zero attached hydrogens (tertiary/aromatic N) is 3. The maximum absolute atomic E-state index is 12.5. The Labute approximate surface area is 130 Å². The maximum Gasteiger partial charge on any atom is 0.317 e. The van der Waals surface area contributed by atoms with E-state index in [1.54, 1.807) is 24.3 Å². The monoisotopic (exact) mass is 315 g/mol. The Morgan fingerprint density at radius 3 is 2.55 bits per heavy atom. The molecule has 0 amide bonds. The van der Waals surface area contributed by atoms with Crippen molar-refractivity contribution in [1.29, 1.82) is 0 Å². The zero-order valence-corrected chi connectivity index (χ0v) is 12.0. The molecule has 0 unspecified atom stereocenters. The minimum atomic E-state index is -0.501. The van der Waals surface area contributed by atoms with E-state index in [2.05, 4.69) is 4.98 Å². The molecule has 0 spiro atoms. The smallest absolute Gasteiger partial charge is 0.317 e. The minimum absolute atomic E-state index is 0.0454. The summed E-state index contributed by atoms with van der Waals surface area (Å²) < 4.78 is 0.633. The molecule has 0 saturated carbocycles. The molecule has 0 aliphatic carbocycles. The summed E-state index contributed by atoms with van der Waals surface area (Å²) in [5.74, 6) is 0.109. The fourth-order valence-corrected chi connectivity index (χ4v) is 2.47. The predicted molar refractivity (Wildman–Crippen MR) is 82.4 cm³/mol. The van der Waals surface area contributed by atoms with Crippen molar-refractivity contribution < 1.29 is 9.65 Å². The summed E-state index contributed by atoms with van der Waals surface area (Å²) in [6, 6.07) is 13.2. The highest BCUT2D eigenvalue weighted by atomic mass is 35.5. The molecule has 1 aromatic heterocycles. The predicted octanol–water partition coefficient (Wildman–Crippen LogP) is 3.18. The second-order valence-electron chi connectivity index (χ2n) is 4.63. The van der Waals surface area contributed by atoms with Gasteiger partial charge in [-0.15, -0.1) is 11.6 Å². The molecule has 0 atom stereocenters. The van der Waals surface area contributed by atoms with Crippen molar-refractivity contribution in [2.45, 2.75) is 5.88 Å². The van der Waals surface area contributed by atoms with Crippen LogP contribution in [0.2, 0.25) is 0 Å². The van der Waals surface area contributed by atoms with Crippen molar-refractivity contribution in [3.05, 3.63) is 69.7 Å². The summed E-state index contributed by atoms with van der Waals surface area (Å²) in [7, 11) is 0. The van der Waals surface area contributed by atoms with E-state index in [9.17, 15) is 15.3 Å². The SMILES string of the molecule is O=[N+]([O-])c1ccc2nc(CCl)[n+]([O-])c(-c3ccccc3)c2c1. The summed E-state index contributed by atoms with van der Waals surface area (Å²) in [6.45, 7) is 0. The van der Waals surface area contributed by atoms with Crippen molar-refractivity contribution in [2.75, 3.05) is 0 Å². The first-order valence-corrected chi connectivity index (χ1v) is 6.97. The second-order valence-corrected chi connectivity index (χ2v) is 4.90. The van der Waals surface area contributed by atoms with E-state index >= 15 is 0 Å². The lowest BCUT2D eigenvalue weighted by atomic mass is 10.1. The number of fused-ring (bicyclic) bond motifs is 1. The number of hydrogen-bond acceptors (Lipinski definition) is 4. The van der Waals surface area contributed by atoms with Crippen LogP contribution in [0.4, 0.5) is 5.69 Å². The van der Waals surface area contributed by atoms with E-state index in [0.29, 0.717) is 26.9 Å². The average Bonchev–Trinajstić information content (AvgIpc) is 2.54. The molecule has 0 N–H and O–H groups in total. The zero-order chi connectivity index (χ0) is 15.7. The lowest BCUT2D eigenvalue weighted by Gasteiger charge is -2.13. The second kappa shape index (κ2) is 5.57. The first-order valence-electron chi connectivity index (χ1n) is 6.44. The van der Waals surface area contributed by atoms with Crippen LogP contribution in [-0.4, -0.2) is 9.91 Å². The van der Waals surface area contributed by atoms with Gasteiger partial charge in [-0.2, -0.15) is 0 Å². The quantitative estimate of drug-likeness (QED) is 0.244. The third-order valence-electron chi connectivity index (χ3n) is 3.30. The van der Waals surface area contributed by atoms with Gasteiger partial charge in [0.1, 0.15) is 11.6 Å². The van der Waals surface area contributed by atoms with E-state index in [-0.39, 0.29) is 17.4 Å². The summed E-state index contributed by atoms with van der Waals surface area (Å²) in [4.78, 5) is 14.7. The lowest BCUT2D eigenvalue weighted by molar-refractivity contribution is -0.603. The minimum Gasteiger partial charge on any atom is -0.710 e. The number of rotatable bonds is 3. The molecule has 0 saturated heterocycles. The molecule has 0 bridgehead atoms. The van der Waals surface area contributed by atoms with Gasteiger partial charge in [-0.25, -0.2) is 4.73 Å². The zero-order valence-electron chi connectivity index (χ0n) is 11.3. The molecule has 0 fully saturated rings. The molecular formula is C15H10ClN3O3. The van der Waals surface area contributed by atoms with Crippen molar-refractivity contribution in [1.82, 2.24) is 4.98 Å². The van der Waals surface area contributed by atoms with Gasteiger partial charge in [-0.1, -0.05) is 30.3 Å². The van der Waals surface area contributed by atoms with Gasteiger partial charge in [0, 0.05) is 17.7 Å². The molecule has 0 aliphatic heterocycles. The first kappa shape index (κ1) is 14.2. The van der Waals surface area contributed by atoms with Gasteiger partial charge in [0.2, 0.25) is 0 Å². The van der Waals surface area contributed by atoms with E-state index in [0.717, 1.165) is 0 Å². The number of non-ortho nitro benzene ring substituents is 1. The molecule has 0 radical (unpaired) electrons. The molecule has 3 rings (SSSR count). The maximum atomic E-state index is 12.5. The van der Waals surface area contributed by atoms with Crippen LogP contribution in [0.25, 0.3) is 22.2 Å². The molecule has 0 aliphatic rings. The van der Waals surface area contributed by atoms with Crippen LogP contribution < -0.4 is 4.73 Å². The fraction of sp³-hybridized carbons (Fsp3) is 0.0667. The van der Waals surface area contributed by atoms with Crippen molar-refractivity contribution in [2.24, 2.45) is 0 Å². The summed E-state index contributed by atoms with van der Waals surface area (Å²) in [5, 5.41) is 23.9.